The molecule has 1 aliphatic carbocycles. The van der Waals surface area contributed by atoms with Gasteiger partial charge in [-0.1, -0.05) is 0 Å². The zero-order chi connectivity index (χ0) is 23.1. The fourth-order valence-electron chi connectivity index (χ4n) is 3.70. The first-order valence-electron chi connectivity index (χ1n) is 10.0. The van der Waals surface area contributed by atoms with Crippen molar-refractivity contribution in [1.82, 2.24) is 19.5 Å². The molecule has 1 aromatic carbocycles. The summed E-state index contributed by atoms with van der Waals surface area (Å²) in [6.45, 7) is 0. The Balaban J connectivity index is 1.62. The smallest absolute Gasteiger partial charge is 0.307 e. The lowest BCUT2D eigenvalue weighted by atomic mass is 10.1. The molecule has 0 amide bonds. The van der Waals surface area contributed by atoms with Crippen molar-refractivity contribution in [3.8, 4) is 23.1 Å². The van der Waals surface area contributed by atoms with Crippen molar-refractivity contribution in [2.24, 2.45) is 0 Å². The molecule has 1 fully saturated rings. The average Bonchev–Trinajstić information content (AvgIpc) is 3.59. The number of nitro groups is 1. The van der Waals surface area contributed by atoms with Gasteiger partial charge in [-0.05, 0) is 25.0 Å². The molecule has 0 saturated heterocycles. The summed E-state index contributed by atoms with van der Waals surface area (Å²) in [6.07, 6.45) is 7.14. The normalized spacial score (nSPS) is 13.0. The molecule has 0 atom stereocenters. The number of hydrogen-bond donors (Lipinski definition) is 1. The number of nitriles is 1. The maximum Gasteiger partial charge on any atom is 0.307 e. The van der Waals surface area contributed by atoms with E-state index in [2.05, 4.69) is 30.9 Å². The van der Waals surface area contributed by atoms with Crippen LogP contribution >= 0.6 is 0 Å². The second-order valence-electron chi connectivity index (χ2n) is 7.51. The van der Waals surface area contributed by atoms with Gasteiger partial charge in [0, 0.05) is 41.5 Å². The molecule has 4 aromatic rings. The van der Waals surface area contributed by atoms with Crippen LogP contribution in [0.3, 0.4) is 0 Å². The van der Waals surface area contributed by atoms with Gasteiger partial charge >= 0.3 is 5.69 Å². The molecule has 11 heteroatoms. The van der Waals surface area contributed by atoms with Crippen LogP contribution in [0.25, 0.3) is 22.3 Å². The van der Waals surface area contributed by atoms with Gasteiger partial charge in [0.25, 0.3) is 0 Å². The second-order valence-corrected chi connectivity index (χ2v) is 7.51. The predicted molar refractivity (Wildman–Crippen MR) is 117 cm³/mol. The highest BCUT2D eigenvalue weighted by molar-refractivity contribution is 5.94. The summed E-state index contributed by atoms with van der Waals surface area (Å²) in [4.78, 5) is 23.5. The zero-order valence-electron chi connectivity index (χ0n) is 17.3. The molecular formula is C22H16FN7O3. The SMILES string of the molecule is COc1cc(F)c([N+](=O)[O-])cc1Nc1ncc(C#N)c(-c2cn(C3CC3)c3ncccc23)n1. The highest BCUT2D eigenvalue weighted by Gasteiger charge is 2.28. The molecule has 1 saturated carbocycles. The number of nitrogens with one attached hydrogen (secondary N) is 1. The number of halogens is 1. The van der Waals surface area contributed by atoms with Crippen LogP contribution in [0.2, 0.25) is 0 Å². The van der Waals surface area contributed by atoms with E-state index >= 15 is 0 Å². The number of pyridine rings is 1. The summed E-state index contributed by atoms with van der Waals surface area (Å²) in [5, 5.41) is 24.5. The van der Waals surface area contributed by atoms with E-state index in [1.165, 1.54) is 13.3 Å². The number of anilines is 2. The zero-order valence-corrected chi connectivity index (χ0v) is 17.3. The Bertz CT molecular complexity index is 1460. The summed E-state index contributed by atoms with van der Waals surface area (Å²) in [7, 11) is 1.32. The Morgan fingerprint density at radius 3 is 2.88 bits per heavy atom. The minimum atomic E-state index is -1.02. The van der Waals surface area contributed by atoms with Crippen LogP contribution in [0.4, 0.5) is 21.7 Å². The average molecular weight is 445 g/mol. The maximum atomic E-state index is 14.0. The van der Waals surface area contributed by atoms with Gasteiger partial charge in [0.2, 0.25) is 11.8 Å². The van der Waals surface area contributed by atoms with Gasteiger partial charge in [0.15, 0.2) is 0 Å². The van der Waals surface area contributed by atoms with Crippen LogP contribution < -0.4 is 10.1 Å². The van der Waals surface area contributed by atoms with Gasteiger partial charge in [0.05, 0.1) is 35.2 Å². The molecule has 10 nitrogen and oxygen atoms in total. The lowest BCUT2D eigenvalue weighted by molar-refractivity contribution is -0.387. The van der Waals surface area contributed by atoms with Crippen molar-refractivity contribution in [3.05, 3.63) is 64.4 Å². The van der Waals surface area contributed by atoms with Crippen molar-refractivity contribution in [1.29, 1.82) is 5.26 Å². The number of aromatic nitrogens is 4. The third-order valence-corrected chi connectivity index (χ3v) is 5.41. The molecule has 0 radical (unpaired) electrons. The quantitative estimate of drug-likeness (QED) is 0.339. The first-order chi connectivity index (χ1) is 16.0. The summed E-state index contributed by atoms with van der Waals surface area (Å²) in [5.74, 6) is -0.911. The Kier molecular flexibility index (Phi) is 4.82. The number of methoxy groups -OCH3 is 1. The Labute approximate surface area is 186 Å². The molecule has 0 bridgehead atoms. The van der Waals surface area contributed by atoms with E-state index in [1.54, 1.807) is 6.20 Å². The van der Waals surface area contributed by atoms with Crippen LogP contribution in [0.5, 0.6) is 5.75 Å². The van der Waals surface area contributed by atoms with Crippen LogP contribution in [0.1, 0.15) is 24.4 Å². The Morgan fingerprint density at radius 1 is 1.36 bits per heavy atom. The summed E-state index contributed by atoms with van der Waals surface area (Å²) < 4.78 is 21.2. The largest absolute Gasteiger partial charge is 0.494 e. The van der Waals surface area contributed by atoms with Crippen LogP contribution in [-0.4, -0.2) is 31.6 Å². The van der Waals surface area contributed by atoms with Crippen LogP contribution in [-0.2, 0) is 0 Å². The highest BCUT2D eigenvalue weighted by Crippen LogP contribution is 2.41. The van der Waals surface area contributed by atoms with Crippen molar-refractivity contribution in [3.63, 3.8) is 0 Å². The monoisotopic (exact) mass is 445 g/mol. The topological polar surface area (TPSA) is 132 Å². The Hall–Kier alpha value is -4.59. The number of hydrogen-bond acceptors (Lipinski definition) is 8. The van der Waals surface area contributed by atoms with Gasteiger partial charge in [-0.2, -0.15) is 9.65 Å². The predicted octanol–water partition coefficient (Wildman–Crippen LogP) is 4.50. The number of nitrogens with zero attached hydrogens (tertiary/aromatic N) is 6. The summed E-state index contributed by atoms with van der Waals surface area (Å²) in [6, 6.07) is 8.14. The molecule has 0 aliphatic heterocycles. The molecule has 33 heavy (non-hydrogen) atoms. The minimum absolute atomic E-state index is 0.0437. The van der Waals surface area contributed by atoms with Crippen molar-refractivity contribution >= 4 is 28.4 Å². The fraction of sp³-hybridized carbons (Fsp3) is 0.182. The van der Waals surface area contributed by atoms with Crippen LogP contribution in [0.15, 0.2) is 42.9 Å². The first-order valence-corrected chi connectivity index (χ1v) is 10.0. The minimum Gasteiger partial charge on any atom is -0.494 e. The lowest BCUT2D eigenvalue weighted by Crippen LogP contribution is -2.03. The van der Waals surface area contributed by atoms with Crippen molar-refractivity contribution < 1.29 is 14.1 Å². The molecule has 0 spiro atoms. The molecule has 3 aromatic heterocycles. The molecule has 164 valence electrons. The standard InChI is InChI=1S/C22H16FN7O3/c1-33-19-7-16(23)18(30(31)32)8-17(19)27-22-26-10-12(9-24)20(28-22)15-11-29(13-4-5-13)21-14(15)3-2-6-25-21/h2-3,6-8,10-11,13H,4-5H2,1H3,(H,26,27,28). The van der Waals surface area contributed by atoms with E-state index < -0.39 is 16.4 Å². The van der Waals surface area contributed by atoms with Gasteiger partial charge in [-0.25, -0.2) is 15.0 Å². The van der Waals surface area contributed by atoms with E-state index in [0.29, 0.717) is 11.7 Å². The fourth-order valence-corrected chi connectivity index (χ4v) is 3.70. The van der Waals surface area contributed by atoms with E-state index in [-0.39, 0.29) is 22.9 Å². The molecule has 1 aliphatic rings. The van der Waals surface area contributed by atoms with Crippen molar-refractivity contribution in [2.45, 2.75) is 18.9 Å². The van der Waals surface area contributed by atoms with Gasteiger partial charge in [0.1, 0.15) is 17.5 Å². The molecule has 3 heterocycles. The van der Waals surface area contributed by atoms with Crippen molar-refractivity contribution in [2.75, 3.05) is 12.4 Å². The highest BCUT2D eigenvalue weighted by atomic mass is 19.1. The number of nitro benzene ring substituents is 1. The third kappa shape index (κ3) is 3.57. The van der Waals surface area contributed by atoms with E-state index in [1.807, 2.05) is 18.3 Å². The van der Waals surface area contributed by atoms with E-state index in [0.717, 1.165) is 41.6 Å². The Morgan fingerprint density at radius 2 is 2.18 bits per heavy atom. The van der Waals surface area contributed by atoms with Crippen LogP contribution in [0, 0.1) is 27.3 Å². The maximum absolute atomic E-state index is 14.0. The number of ether oxygens (including phenoxy) is 1. The van der Waals surface area contributed by atoms with Gasteiger partial charge < -0.3 is 14.6 Å². The second kappa shape index (κ2) is 7.83. The molecule has 0 unspecified atom stereocenters. The summed E-state index contributed by atoms with van der Waals surface area (Å²) >= 11 is 0. The molecule has 1 N–H and O–H groups in total. The number of benzene rings is 1. The van der Waals surface area contributed by atoms with Gasteiger partial charge in [-0.15, -0.1) is 0 Å². The lowest BCUT2D eigenvalue weighted by Gasteiger charge is -2.11. The molecular weight excluding hydrogens is 429 g/mol. The van der Waals surface area contributed by atoms with Gasteiger partial charge in [-0.3, -0.25) is 10.1 Å². The third-order valence-electron chi connectivity index (χ3n) is 5.41. The first kappa shape index (κ1) is 20.3. The number of rotatable bonds is 6. The van der Waals surface area contributed by atoms with E-state index in [4.69, 9.17) is 4.74 Å². The molecule has 5 rings (SSSR count). The van der Waals surface area contributed by atoms with E-state index in [9.17, 15) is 19.8 Å². The summed E-state index contributed by atoms with van der Waals surface area (Å²) in [5.41, 5.74) is 1.58. The number of fused-ring (bicyclic) bond motifs is 1.